The lowest BCUT2D eigenvalue weighted by atomic mass is 9.95. The number of hydrogen-bond donors (Lipinski definition) is 0. The Morgan fingerprint density at radius 3 is 2.41 bits per heavy atom. The van der Waals surface area contributed by atoms with E-state index < -0.39 is 10.0 Å². The lowest BCUT2D eigenvalue weighted by Gasteiger charge is -2.36. The van der Waals surface area contributed by atoms with Gasteiger partial charge in [-0.2, -0.15) is 4.31 Å². The summed E-state index contributed by atoms with van der Waals surface area (Å²) in [7, 11) is -1.93. The van der Waals surface area contributed by atoms with Crippen molar-refractivity contribution < 1.29 is 17.9 Å². The van der Waals surface area contributed by atoms with E-state index in [1.54, 1.807) is 25.4 Å². The van der Waals surface area contributed by atoms with Gasteiger partial charge in [0.15, 0.2) is 0 Å². The molecule has 0 N–H and O–H groups in total. The van der Waals surface area contributed by atoms with E-state index >= 15 is 0 Å². The van der Waals surface area contributed by atoms with E-state index in [2.05, 4.69) is 11.9 Å². The van der Waals surface area contributed by atoms with Gasteiger partial charge in [0.05, 0.1) is 7.11 Å². The van der Waals surface area contributed by atoms with Crippen molar-refractivity contribution in [3.8, 4) is 5.75 Å². The van der Waals surface area contributed by atoms with Crippen molar-refractivity contribution in [1.29, 1.82) is 0 Å². The third-order valence-electron chi connectivity index (χ3n) is 6.67. The fraction of sp³-hybridized carbons (Fsp3) is 0.500. The van der Waals surface area contributed by atoms with Gasteiger partial charge < -0.3 is 9.64 Å². The SMILES string of the molecule is COc1ccc(CN(C(=O)C2CCN(S(=O)(=O)c3cccnc3)CC2)C(C)C2CC2)cc1. The molecule has 1 aromatic heterocycles. The Morgan fingerprint density at radius 2 is 1.84 bits per heavy atom. The summed E-state index contributed by atoms with van der Waals surface area (Å²) in [6, 6.07) is 11.2. The molecule has 1 saturated carbocycles. The van der Waals surface area contributed by atoms with Crippen LogP contribution >= 0.6 is 0 Å². The van der Waals surface area contributed by atoms with E-state index in [0.717, 1.165) is 24.2 Å². The van der Waals surface area contributed by atoms with E-state index in [0.29, 0.717) is 38.4 Å². The van der Waals surface area contributed by atoms with E-state index in [4.69, 9.17) is 4.74 Å². The van der Waals surface area contributed by atoms with Gasteiger partial charge in [-0.1, -0.05) is 12.1 Å². The maximum atomic E-state index is 13.5. The zero-order valence-electron chi connectivity index (χ0n) is 18.7. The number of carbonyl (C=O) groups is 1. The second-order valence-corrected chi connectivity index (χ2v) is 10.7. The first-order chi connectivity index (χ1) is 15.4. The third kappa shape index (κ3) is 4.96. The summed E-state index contributed by atoms with van der Waals surface area (Å²) in [4.78, 5) is 19.7. The highest BCUT2D eigenvalue weighted by Gasteiger charge is 2.39. The first-order valence-electron chi connectivity index (χ1n) is 11.2. The number of amides is 1. The Kier molecular flexibility index (Phi) is 6.81. The first kappa shape index (κ1) is 22.7. The Hall–Kier alpha value is -2.45. The predicted octanol–water partition coefficient (Wildman–Crippen LogP) is 3.32. The van der Waals surface area contributed by atoms with Crippen LogP contribution in [-0.4, -0.2) is 54.8 Å². The van der Waals surface area contributed by atoms with Crippen molar-refractivity contribution in [2.75, 3.05) is 20.2 Å². The van der Waals surface area contributed by atoms with Crippen molar-refractivity contribution in [2.45, 2.75) is 50.1 Å². The van der Waals surface area contributed by atoms with Crippen LogP contribution in [0.5, 0.6) is 5.75 Å². The summed E-state index contributed by atoms with van der Waals surface area (Å²) in [5.74, 6) is 1.33. The molecule has 2 fully saturated rings. The molecule has 1 aliphatic carbocycles. The molecule has 172 valence electrons. The Morgan fingerprint density at radius 1 is 1.16 bits per heavy atom. The predicted molar refractivity (Wildman–Crippen MR) is 121 cm³/mol. The minimum absolute atomic E-state index is 0.138. The molecular formula is C24H31N3O4S. The number of piperidine rings is 1. The van der Waals surface area contributed by atoms with Crippen LogP contribution in [0.25, 0.3) is 0 Å². The number of methoxy groups -OCH3 is 1. The van der Waals surface area contributed by atoms with Crippen LogP contribution < -0.4 is 4.74 Å². The standard InChI is InChI=1S/C24H31N3O4S/c1-18(20-7-8-20)27(17-19-5-9-22(31-2)10-6-19)24(28)21-11-14-26(15-12-21)32(29,30)23-4-3-13-25-16-23/h3-6,9-10,13,16,18,20-21H,7-8,11-12,14-15,17H2,1-2H3. The molecular weight excluding hydrogens is 426 g/mol. The van der Waals surface area contributed by atoms with Gasteiger partial charge in [-0.05, 0) is 68.4 Å². The van der Waals surface area contributed by atoms with E-state index in [9.17, 15) is 13.2 Å². The fourth-order valence-electron chi connectivity index (χ4n) is 4.41. The summed E-state index contributed by atoms with van der Waals surface area (Å²) in [6.07, 6.45) is 6.33. The van der Waals surface area contributed by atoms with Crippen molar-refractivity contribution >= 4 is 15.9 Å². The van der Waals surface area contributed by atoms with Gasteiger partial charge in [-0.25, -0.2) is 8.42 Å². The number of nitrogens with zero attached hydrogens (tertiary/aromatic N) is 3. The zero-order chi connectivity index (χ0) is 22.7. The molecule has 1 aliphatic heterocycles. The van der Waals surface area contributed by atoms with Gasteiger partial charge in [0.2, 0.25) is 15.9 Å². The van der Waals surface area contributed by atoms with Gasteiger partial charge in [0.25, 0.3) is 0 Å². The molecule has 32 heavy (non-hydrogen) atoms. The summed E-state index contributed by atoms with van der Waals surface area (Å²) >= 11 is 0. The molecule has 1 unspecified atom stereocenters. The van der Waals surface area contributed by atoms with Crippen LogP contribution in [0.15, 0.2) is 53.7 Å². The molecule has 1 aromatic carbocycles. The molecule has 0 spiro atoms. The van der Waals surface area contributed by atoms with E-state index in [1.165, 1.54) is 10.5 Å². The first-order valence-corrected chi connectivity index (χ1v) is 12.7. The van der Waals surface area contributed by atoms with Gasteiger partial charge in [0.1, 0.15) is 10.6 Å². The molecule has 1 atom stereocenters. The van der Waals surface area contributed by atoms with Crippen molar-refractivity contribution in [2.24, 2.45) is 11.8 Å². The number of sulfonamides is 1. The Labute approximate surface area is 190 Å². The Bertz CT molecular complexity index is 1010. The number of hydrogen-bond acceptors (Lipinski definition) is 5. The highest BCUT2D eigenvalue weighted by atomic mass is 32.2. The van der Waals surface area contributed by atoms with Gasteiger partial charge in [0, 0.05) is 44.0 Å². The normalized spacial score (nSPS) is 18.8. The van der Waals surface area contributed by atoms with Crippen molar-refractivity contribution in [1.82, 2.24) is 14.2 Å². The van der Waals surface area contributed by atoms with Crippen LogP contribution in [-0.2, 0) is 21.4 Å². The maximum Gasteiger partial charge on any atom is 0.244 e. The molecule has 2 aliphatic rings. The van der Waals surface area contributed by atoms with Gasteiger partial charge in [-0.3, -0.25) is 9.78 Å². The monoisotopic (exact) mass is 457 g/mol. The fourth-order valence-corrected chi connectivity index (χ4v) is 5.84. The molecule has 7 nitrogen and oxygen atoms in total. The summed E-state index contributed by atoms with van der Waals surface area (Å²) < 4.78 is 32.5. The van der Waals surface area contributed by atoms with Crippen LogP contribution in [0.4, 0.5) is 0 Å². The van der Waals surface area contributed by atoms with Crippen molar-refractivity contribution in [3.05, 3.63) is 54.4 Å². The minimum atomic E-state index is -3.57. The average Bonchev–Trinajstić information content (AvgIpc) is 3.68. The number of pyridine rings is 1. The maximum absolute atomic E-state index is 13.5. The van der Waals surface area contributed by atoms with Crippen LogP contribution in [0.2, 0.25) is 0 Å². The quantitative estimate of drug-likeness (QED) is 0.608. The highest BCUT2D eigenvalue weighted by molar-refractivity contribution is 7.89. The molecule has 8 heteroatoms. The Balaban J connectivity index is 1.43. The molecule has 1 amide bonds. The number of aromatic nitrogens is 1. The smallest absolute Gasteiger partial charge is 0.244 e. The number of benzene rings is 1. The molecule has 0 bridgehead atoms. The second-order valence-electron chi connectivity index (χ2n) is 8.76. The van der Waals surface area contributed by atoms with Crippen LogP contribution in [0.3, 0.4) is 0 Å². The molecule has 1 saturated heterocycles. The zero-order valence-corrected chi connectivity index (χ0v) is 19.5. The molecule has 2 heterocycles. The average molecular weight is 458 g/mol. The van der Waals surface area contributed by atoms with Crippen molar-refractivity contribution in [3.63, 3.8) is 0 Å². The third-order valence-corrected chi connectivity index (χ3v) is 8.55. The summed E-state index contributed by atoms with van der Waals surface area (Å²) in [5, 5.41) is 0. The van der Waals surface area contributed by atoms with Gasteiger partial charge in [-0.15, -0.1) is 0 Å². The van der Waals surface area contributed by atoms with Gasteiger partial charge >= 0.3 is 0 Å². The molecule has 0 radical (unpaired) electrons. The highest BCUT2D eigenvalue weighted by Crippen LogP contribution is 2.37. The van der Waals surface area contributed by atoms with E-state index in [1.807, 2.05) is 29.2 Å². The lowest BCUT2D eigenvalue weighted by Crippen LogP contribution is -2.47. The number of rotatable bonds is 8. The van der Waals surface area contributed by atoms with E-state index in [-0.39, 0.29) is 22.8 Å². The van der Waals surface area contributed by atoms with Crippen LogP contribution in [0, 0.1) is 11.8 Å². The van der Waals surface area contributed by atoms with Crippen LogP contribution in [0.1, 0.15) is 38.2 Å². The number of carbonyl (C=O) groups excluding carboxylic acids is 1. The topological polar surface area (TPSA) is 79.8 Å². The number of ether oxygens (including phenoxy) is 1. The molecule has 4 rings (SSSR count). The summed E-state index contributed by atoms with van der Waals surface area (Å²) in [5.41, 5.74) is 1.07. The second kappa shape index (κ2) is 9.58. The molecule has 2 aromatic rings. The minimum Gasteiger partial charge on any atom is -0.497 e. The largest absolute Gasteiger partial charge is 0.497 e. The lowest BCUT2D eigenvalue weighted by molar-refractivity contribution is -0.140. The summed E-state index contributed by atoms with van der Waals surface area (Å²) in [6.45, 7) is 3.40.